The normalized spacial score (nSPS) is 9.00. The van der Waals surface area contributed by atoms with Crippen molar-refractivity contribution in [2.24, 2.45) is 0 Å². The summed E-state index contributed by atoms with van der Waals surface area (Å²) >= 11 is 0. The predicted octanol–water partition coefficient (Wildman–Crippen LogP) is -0.0435. The quantitative estimate of drug-likeness (QED) is 0.661. The van der Waals surface area contributed by atoms with Gasteiger partial charge in [0.25, 0.3) is 0 Å². The highest BCUT2D eigenvalue weighted by molar-refractivity contribution is 6.03. The number of benzene rings is 1. The molecule has 0 aliphatic carbocycles. The van der Waals surface area contributed by atoms with Gasteiger partial charge in [-0.05, 0) is 18.2 Å². The first-order chi connectivity index (χ1) is 6.93. The van der Waals surface area contributed by atoms with E-state index in [0.29, 0.717) is 0 Å². The van der Waals surface area contributed by atoms with Gasteiger partial charge >= 0.3 is 17.9 Å². The van der Waals surface area contributed by atoms with Crippen molar-refractivity contribution in [1.82, 2.24) is 0 Å². The molecular formula is C9H8O7. The van der Waals surface area contributed by atoms with Crippen LogP contribution in [0.15, 0.2) is 18.2 Å². The molecule has 0 saturated carbocycles. The first-order valence-corrected chi connectivity index (χ1v) is 3.77. The molecule has 0 unspecified atom stereocenters. The number of hydrogen-bond acceptors (Lipinski definition) is 3. The number of carboxylic acids is 3. The van der Waals surface area contributed by atoms with Crippen LogP contribution in [0.3, 0.4) is 0 Å². The maximum absolute atomic E-state index is 10.6. The Balaban J connectivity index is 0.00000225. The zero-order valence-corrected chi connectivity index (χ0v) is 7.80. The molecule has 0 aliphatic heterocycles. The highest BCUT2D eigenvalue weighted by atomic mass is 16.4. The molecular weight excluding hydrogens is 220 g/mol. The summed E-state index contributed by atoms with van der Waals surface area (Å²) in [5.74, 6) is -4.20. The van der Waals surface area contributed by atoms with Crippen LogP contribution in [0.25, 0.3) is 0 Å². The van der Waals surface area contributed by atoms with E-state index in [1.807, 2.05) is 0 Å². The van der Waals surface area contributed by atoms with Crippen molar-refractivity contribution < 1.29 is 35.2 Å². The molecule has 0 spiro atoms. The summed E-state index contributed by atoms with van der Waals surface area (Å²) in [4.78, 5) is 31.8. The van der Waals surface area contributed by atoms with Crippen LogP contribution in [0.2, 0.25) is 0 Å². The Morgan fingerprint density at radius 3 is 1.69 bits per heavy atom. The van der Waals surface area contributed by atoms with E-state index >= 15 is 0 Å². The SMILES string of the molecule is O.O=C(O)c1ccc(C(=O)O)c(C(=O)O)c1. The third-order valence-corrected chi connectivity index (χ3v) is 1.73. The number of hydrogen-bond donors (Lipinski definition) is 3. The van der Waals surface area contributed by atoms with Gasteiger partial charge in [0.1, 0.15) is 0 Å². The lowest BCUT2D eigenvalue weighted by molar-refractivity contribution is 0.0649. The molecule has 1 aromatic carbocycles. The molecule has 0 atom stereocenters. The van der Waals surface area contributed by atoms with Gasteiger partial charge in [-0.2, -0.15) is 0 Å². The summed E-state index contributed by atoms with van der Waals surface area (Å²) in [5.41, 5.74) is -1.24. The molecule has 16 heavy (non-hydrogen) atoms. The van der Waals surface area contributed by atoms with Gasteiger partial charge in [-0.3, -0.25) is 0 Å². The minimum absolute atomic E-state index is 0. The van der Waals surface area contributed by atoms with Crippen molar-refractivity contribution in [2.75, 3.05) is 0 Å². The van der Waals surface area contributed by atoms with E-state index in [9.17, 15) is 14.4 Å². The fourth-order valence-corrected chi connectivity index (χ4v) is 1.04. The van der Waals surface area contributed by atoms with Gasteiger partial charge in [-0.15, -0.1) is 0 Å². The van der Waals surface area contributed by atoms with E-state index in [4.69, 9.17) is 15.3 Å². The van der Waals surface area contributed by atoms with Crippen molar-refractivity contribution in [3.63, 3.8) is 0 Å². The number of aromatic carboxylic acids is 3. The van der Waals surface area contributed by atoms with Gasteiger partial charge < -0.3 is 20.8 Å². The first-order valence-electron chi connectivity index (χ1n) is 3.77. The summed E-state index contributed by atoms with van der Waals surface area (Å²) < 4.78 is 0. The van der Waals surface area contributed by atoms with Crippen LogP contribution in [0.5, 0.6) is 0 Å². The molecule has 0 radical (unpaired) electrons. The topological polar surface area (TPSA) is 143 Å². The van der Waals surface area contributed by atoms with Gasteiger partial charge in [0.15, 0.2) is 0 Å². The van der Waals surface area contributed by atoms with Gasteiger partial charge in [-0.25, -0.2) is 14.4 Å². The lowest BCUT2D eigenvalue weighted by Gasteiger charge is -2.02. The fraction of sp³-hybridized carbons (Fsp3) is 0. The first kappa shape index (κ1) is 13.6. The summed E-state index contributed by atoms with van der Waals surface area (Å²) in [5, 5.41) is 25.9. The molecule has 0 fully saturated rings. The molecule has 0 aliphatic rings. The van der Waals surface area contributed by atoms with E-state index < -0.39 is 29.0 Å². The summed E-state index contributed by atoms with van der Waals surface area (Å²) in [6.07, 6.45) is 0. The lowest BCUT2D eigenvalue weighted by Crippen LogP contribution is -2.10. The Morgan fingerprint density at radius 2 is 1.31 bits per heavy atom. The van der Waals surface area contributed by atoms with Crippen molar-refractivity contribution in [2.45, 2.75) is 0 Å². The molecule has 0 heterocycles. The minimum atomic E-state index is -1.48. The average molecular weight is 228 g/mol. The van der Waals surface area contributed by atoms with Crippen LogP contribution < -0.4 is 0 Å². The van der Waals surface area contributed by atoms with Gasteiger partial charge in [0, 0.05) is 0 Å². The van der Waals surface area contributed by atoms with E-state index in [1.54, 1.807) is 0 Å². The number of carboxylic acid groups (broad SMARTS) is 3. The van der Waals surface area contributed by atoms with Gasteiger partial charge in [0.2, 0.25) is 0 Å². The maximum atomic E-state index is 10.6. The fourth-order valence-electron chi connectivity index (χ4n) is 1.04. The maximum Gasteiger partial charge on any atom is 0.336 e. The lowest BCUT2D eigenvalue weighted by atomic mass is 10.0. The van der Waals surface area contributed by atoms with Crippen LogP contribution in [0.1, 0.15) is 31.1 Å². The van der Waals surface area contributed by atoms with Crippen molar-refractivity contribution in [1.29, 1.82) is 0 Å². The Kier molecular flexibility index (Phi) is 4.16. The Hall–Kier alpha value is -2.41. The minimum Gasteiger partial charge on any atom is -0.478 e. The van der Waals surface area contributed by atoms with Gasteiger partial charge in [-0.1, -0.05) is 0 Å². The number of carbonyl (C=O) groups is 3. The smallest absolute Gasteiger partial charge is 0.336 e. The molecule has 86 valence electrons. The van der Waals surface area contributed by atoms with Crippen LogP contribution >= 0.6 is 0 Å². The molecule has 5 N–H and O–H groups in total. The highest BCUT2D eigenvalue weighted by Crippen LogP contribution is 2.12. The molecule has 1 rings (SSSR count). The van der Waals surface area contributed by atoms with E-state index in [0.717, 1.165) is 18.2 Å². The second-order valence-corrected chi connectivity index (χ2v) is 2.68. The third kappa shape index (κ3) is 2.55. The molecule has 1 aromatic rings. The van der Waals surface area contributed by atoms with E-state index in [-0.39, 0.29) is 11.0 Å². The molecule has 7 heteroatoms. The van der Waals surface area contributed by atoms with E-state index in [2.05, 4.69) is 0 Å². The van der Waals surface area contributed by atoms with E-state index in [1.165, 1.54) is 0 Å². The monoisotopic (exact) mass is 228 g/mol. The van der Waals surface area contributed by atoms with Gasteiger partial charge in [0.05, 0.1) is 16.7 Å². The second-order valence-electron chi connectivity index (χ2n) is 2.68. The summed E-state index contributed by atoms with van der Waals surface area (Å²) in [7, 11) is 0. The zero-order valence-electron chi connectivity index (χ0n) is 7.80. The Morgan fingerprint density at radius 1 is 0.812 bits per heavy atom. The molecule has 0 amide bonds. The molecule has 0 aromatic heterocycles. The molecule has 7 nitrogen and oxygen atoms in total. The Labute approximate surface area is 88.9 Å². The zero-order chi connectivity index (χ0) is 11.6. The molecule has 0 saturated heterocycles. The Bertz CT molecular complexity index is 449. The van der Waals surface area contributed by atoms with Crippen LogP contribution in [0.4, 0.5) is 0 Å². The second kappa shape index (κ2) is 4.89. The van der Waals surface area contributed by atoms with Crippen molar-refractivity contribution in [3.8, 4) is 0 Å². The largest absolute Gasteiger partial charge is 0.478 e. The molecule has 0 bridgehead atoms. The van der Waals surface area contributed by atoms with Crippen LogP contribution in [0, 0.1) is 0 Å². The third-order valence-electron chi connectivity index (χ3n) is 1.73. The predicted molar refractivity (Wildman–Crippen MR) is 50.9 cm³/mol. The average Bonchev–Trinajstić information content (AvgIpc) is 2.16. The van der Waals surface area contributed by atoms with Crippen molar-refractivity contribution >= 4 is 17.9 Å². The number of rotatable bonds is 3. The van der Waals surface area contributed by atoms with Crippen molar-refractivity contribution in [3.05, 3.63) is 34.9 Å². The van der Waals surface area contributed by atoms with Crippen LogP contribution in [-0.2, 0) is 0 Å². The highest BCUT2D eigenvalue weighted by Gasteiger charge is 2.17. The summed E-state index contributed by atoms with van der Waals surface area (Å²) in [6.45, 7) is 0. The summed E-state index contributed by atoms with van der Waals surface area (Å²) in [6, 6.07) is 2.81. The standard InChI is InChI=1S/C9H6O6.H2O/c10-7(11)4-1-2-5(8(12)13)6(3-4)9(14)15;/h1-3H,(H,10,11)(H,12,13)(H,14,15);1H2. The van der Waals surface area contributed by atoms with Crippen LogP contribution in [-0.4, -0.2) is 38.7 Å².